The van der Waals surface area contributed by atoms with Gasteiger partial charge in [0.25, 0.3) is 0 Å². The van der Waals surface area contributed by atoms with E-state index in [2.05, 4.69) is 28.2 Å². The number of anilines is 1. The van der Waals surface area contributed by atoms with Gasteiger partial charge in [-0.3, -0.25) is 4.68 Å². The maximum absolute atomic E-state index is 10.9. The highest BCUT2D eigenvalue weighted by atomic mass is 16.5. The van der Waals surface area contributed by atoms with Crippen molar-refractivity contribution in [3.63, 3.8) is 0 Å². The first-order valence-electron chi connectivity index (χ1n) is 7.79. The van der Waals surface area contributed by atoms with Gasteiger partial charge in [0.15, 0.2) is 0 Å². The molecule has 0 saturated heterocycles. The summed E-state index contributed by atoms with van der Waals surface area (Å²) in [6.45, 7) is 3.21. The number of hydrogen-bond donors (Lipinski definition) is 1. The van der Waals surface area contributed by atoms with Crippen molar-refractivity contribution in [2.75, 3.05) is 31.7 Å². The van der Waals surface area contributed by atoms with Crippen LogP contribution in [-0.2, 0) is 17.7 Å². The summed E-state index contributed by atoms with van der Waals surface area (Å²) >= 11 is 0. The molecule has 0 bridgehead atoms. The average Bonchev–Trinajstić information content (AvgIpc) is 3.01. The molecule has 1 aromatic carbocycles. The molecule has 0 amide bonds. The molecular formula is C17H21N3O3. The largest absolute Gasteiger partial charge is 0.478 e. The fourth-order valence-corrected chi connectivity index (χ4v) is 2.98. The minimum Gasteiger partial charge on any atom is -0.478 e. The number of benzene rings is 1. The summed E-state index contributed by atoms with van der Waals surface area (Å²) in [5.74, 6) is -0.951. The molecule has 1 N–H and O–H groups in total. The Balaban J connectivity index is 1.79. The first-order chi connectivity index (χ1) is 11.2. The van der Waals surface area contributed by atoms with Gasteiger partial charge in [-0.25, -0.2) is 4.79 Å². The van der Waals surface area contributed by atoms with E-state index in [9.17, 15) is 4.79 Å². The van der Waals surface area contributed by atoms with Crippen molar-refractivity contribution in [2.24, 2.45) is 0 Å². The van der Waals surface area contributed by atoms with Crippen molar-refractivity contribution < 1.29 is 14.6 Å². The van der Waals surface area contributed by atoms with Crippen molar-refractivity contribution in [2.45, 2.75) is 19.4 Å². The molecule has 2 heterocycles. The Morgan fingerprint density at radius 1 is 1.43 bits per heavy atom. The standard InChI is InChI=1S/C17H21N3O3/c1-23-8-7-19-6-2-3-14-5-4-13(9-16(14)19)11-20-12-15(10-18-20)17(21)22/h4-5,9-10,12H,2-3,6-8,11H2,1H3,(H,21,22). The lowest BCUT2D eigenvalue weighted by Crippen LogP contribution is -2.32. The van der Waals surface area contributed by atoms with Crippen molar-refractivity contribution in [3.8, 4) is 0 Å². The second-order valence-electron chi connectivity index (χ2n) is 5.78. The summed E-state index contributed by atoms with van der Waals surface area (Å²) < 4.78 is 6.86. The van der Waals surface area contributed by atoms with Crippen molar-refractivity contribution >= 4 is 11.7 Å². The first kappa shape index (κ1) is 15.6. The Labute approximate surface area is 135 Å². The van der Waals surface area contributed by atoms with Gasteiger partial charge in [-0.1, -0.05) is 12.1 Å². The van der Waals surface area contributed by atoms with E-state index in [4.69, 9.17) is 9.84 Å². The van der Waals surface area contributed by atoms with E-state index in [1.807, 2.05) is 0 Å². The third-order valence-electron chi connectivity index (χ3n) is 4.15. The van der Waals surface area contributed by atoms with Crippen LogP contribution in [0, 0.1) is 0 Å². The van der Waals surface area contributed by atoms with Crippen LogP contribution in [0.2, 0.25) is 0 Å². The minimum absolute atomic E-state index is 0.213. The molecule has 0 aliphatic carbocycles. The number of rotatable bonds is 6. The molecule has 6 nitrogen and oxygen atoms in total. The predicted octanol–water partition coefficient (Wildman–Crippen LogP) is 2.03. The maximum Gasteiger partial charge on any atom is 0.338 e. The lowest BCUT2D eigenvalue weighted by Gasteiger charge is -2.31. The molecule has 0 saturated carbocycles. The summed E-state index contributed by atoms with van der Waals surface area (Å²) in [7, 11) is 1.72. The fraction of sp³-hybridized carbons (Fsp3) is 0.412. The summed E-state index contributed by atoms with van der Waals surface area (Å²) in [6.07, 6.45) is 5.21. The Morgan fingerprint density at radius 2 is 2.30 bits per heavy atom. The van der Waals surface area contributed by atoms with Crippen LogP contribution in [0.4, 0.5) is 5.69 Å². The molecule has 0 radical (unpaired) electrons. The van der Waals surface area contributed by atoms with Gasteiger partial charge < -0.3 is 14.7 Å². The number of aryl methyl sites for hydroxylation is 1. The molecule has 3 rings (SSSR count). The fourth-order valence-electron chi connectivity index (χ4n) is 2.98. The van der Waals surface area contributed by atoms with E-state index in [1.165, 1.54) is 17.4 Å². The van der Waals surface area contributed by atoms with Crippen LogP contribution in [-0.4, -0.2) is 47.7 Å². The van der Waals surface area contributed by atoms with Gasteiger partial charge in [-0.15, -0.1) is 0 Å². The van der Waals surface area contributed by atoms with Gasteiger partial charge in [-0.05, 0) is 30.0 Å². The van der Waals surface area contributed by atoms with E-state index >= 15 is 0 Å². The number of aromatic nitrogens is 2. The molecular weight excluding hydrogens is 294 g/mol. The van der Waals surface area contributed by atoms with Gasteiger partial charge in [0.1, 0.15) is 0 Å². The van der Waals surface area contributed by atoms with Gasteiger partial charge >= 0.3 is 5.97 Å². The van der Waals surface area contributed by atoms with Gasteiger partial charge in [0.2, 0.25) is 0 Å². The second-order valence-corrected chi connectivity index (χ2v) is 5.78. The molecule has 6 heteroatoms. The lowest BCUT2D eigenvalue weighted by molar-refractivity contribution is 0.0697. The van der Waals surface area contributed by atoms with Crippen molar-refractivity contribution in [1.82, 2.24) is 9.78 Å². The van der Waals surface area contributed by atoms with Crippen LogP contribution < -0.4 is 4.90 Å². The zero-order valence-electron chi connectivity index (χ0n) is 13.2. The molecule has 0 spiro atoms. The Morgan fingerprint density at radius 3 is 3.04 bits per heavy atom. The van der Waals surface area contributed by atoms with Crippen LogP contribution >= 0.6 is 0 Å². The topological polar surface area (TPSA) is 67.6 Å². The van der Waals surface area contributed by atoms with E-state index in [-0.39, 0.29) is 5.56 Å². The number of carbonyl (C=O) groups is 1. The predicted molar refractivity (Wildman–Crippen MR) is 87.1 cm³/mol. The molecule has 23 heavy (non-hydrogen) atoms. The Bertz CT molecular complexity index is 696. The number of hydrogen-bond acceptors (Lipinski definition) is 4. The van der Waals surface area contributed by atoms with Crippen molar-refractivity contribution in [1.29, 1.82) is 0 Å². The van der Waals surface area contributed by atoms with Gasteiger partial charge in [0, 0.05) is 32.1 Å². The molecule has 1 aliphatic heterocycles. The molecule has 0 unspecified atom stereocenters. The molecule has 0 fully saturated rings. The van der Waals surface area contributed by atoms with Crippen LogP contribution in [0.5, 0.6) is 0 Å². The van der Waals surface area contributed by atoms with Crippen LogP contribution in [0.3, 0.4) is 0 Å². The number of nitrogens with zero attached hydrogens (tertiary/aromatic N) is 3. The van der Waals surface area contributed by atoms with E-state index in [0.717, 1.165) is 31.5 Å². The molecule has 0 atom stereocenters. The quantitative estimate of drug-likeness (QED) is 0.883. The first-order valence-corrected chi connectivity index (χ1v) is 7.79. The zero-order chi connectivity index (χ0) is 16.2. The Hall–Kier alpha value is -2.34. The molecule has 1 aromatic heterocycles. The van der Waals surface area contributed by atoms with Crippen LogP contribution in [0.1, 0.15) is 27.9 Å². The van der Waals surface area contributed by atoms with Crippen LogP contribution in [0.15, 0.2) is 30.6 Å². The lowest BCUT2D eigenvalue weighted by atomic mass is 9.99. The zero-order valence-corrected chi connectivity index (χ0v) is 13.2. The molecule has 122 valence electrons. The van der Waals surface area contributed by atoms with Gasteiger partial charge in [-0.2, -0.15) is 5.10 Å². The summed E-state index contributed by atoms with van der Waals surface area (Å²) in [4.78, 5) is 13.3. The summed E-state index contributed by atoms with van der Waals surface area (Å²) in [5, 5.41) is 13.1. The van der Waals surface area contributed by atoms with E-state index in [0.29, 0.717) is 13.2 Å². The normalized spacial score (nSPS) is 13.9. The highest BCUT2D eigenvalue weighted by molar-refractivity contribution is 5.86. The smallest absolute Gasteiger partial charge is 0.338 e. The summed E-state index contributed by atoms with van der Waals surface area (Å²) in [5.41, 5.74) is 3.96. The third kappa shape index (κ3) is 3.53. The SMILES string of the molecule is COCCN1CCCc2ccc(Cn3cc(C(=O)O)cn3)cc21. The summed E-state index contributed by atoms with van der Waals surface area (Å²) in [6, 6.07) is 6.46. The number of aromatic carboxylic acids is 1. The number of carboxylic acids is 1. The van der Waals surface area contributed by atoms with E-state index in [1.54, 1.807) is 18.0 Å². The monoisotopic (exact) mass is 315 g/mol. The number of ether oxygens (including phenoxy) is 1. The molecule has 1 aliphatic rings. The van der Waals surface area contributed by atoms with Gasteiger partial charge in [0.05, 0.1) is 24.9 Å². The number of carboxylic acid groups (broad SMARTS) is 1. The third-order valence-corrected chi connectivity index (χ3v) is 4.15. The number of methoxy groups -OCH3 is 1. The highest BCUT2D eigenvalue weighted by Crippen LogP contribution is 2.28. The van der Waals surface area contributed by atoms with Crippen molar-refractivity contribution in [3.05, 3.63) is 47.3 Å². The second kappa shape index (κ2) is 6.83. The highest BCUT2D eigenvalue weighted by Gasteiger charge is 2.17. The number of fused-ring (bicyclic) bond motifs is 1. The maximum atomic E-state index is 10.9. The average molecular weight is 315 g/mol. The minimum atomic E-state index is -0.951. The Kier molecular flexibility index (Phi) is 4.62. The van der Waals surface area contributed by atoms with E-state index < -0.39 is 5.97 Å². The van der Waals surface area contributed by atoms with Crippen LogP contribution in [0.25, 0.3) is 0 Å². The molecule has 2 aromatic rings.